The summed E-state index contributed by atoms with van der Waals surface area (Å²) in [4.78, 5) is 11.7. The molecule has 2 N–H and O–H groups in total. The van der Waals surface area contributed by atoms with E-state index in [0.29, 0.717) is 12.0 Å². The molecule has 4 nitrogen and oxygen atoms in total. The van der Waals surface area contributed by atoms with Crippen LogP contribution in [0.3, 0.4) is 0 Å². The fraction of sp³-hybridized carbons (Fsp3) is 0.917. The summed E-state index contributed by atoms with van der Waals surface area (Å²) in [5, 5.41) is 6.46. The molecule has 0 aliphatic carbocycles. The molecule has 2 heterocycles. The quantitative estimate of drug-likeness (QED) is 0.743. The Kier molecular flexibility index (Phi) is 4.18. The van der Waals surface area contributed by atoms with Gasteiger partial charge in [-0.25, -0.2) is 0 Å². The van der Waals surface area contributed by atoms with Crippen LogP contribution in [0, 0.1) is 5.92 Å². The number of carbonyl (C=O) groups is 1. The Morgan fingerprint density at radius 1 is 1.44 bits per heavy atom. The second-order valence-electron chi connectivity index (χ2n) is 4.93. The van der Waals surface area contributed by atoms with Gasteiger partial charge in [0.1, 0.15) is 6.10 Å². The van der Waals surface area contributed by atoms with E-state index in [2.05, 4.69) is 17.6 Å². The first kappa shape index (κ1) is 11.9. The van der Waals surface area contributed by atoms with Crippen molar-refractivity contribution in [2.24, 2.45) is 5.92 Å². The van der Waals surface area contributed by atoms with Crippen molar-refractivity contribution >= 4 is 5.91 Å². The fourth-order valence-corrected chi connectivity index (χ4v) is 2.50. The molecule has 0 bridgehead atoms. The molecule has 0 aromatic rings. The number of ether oxygens (including phenoxy) is 1. The molecule has 0 spiro atoms. The van der Waals surface area contributed by atoms with Crippen LogP contribution >= 0.6 is 0 Å². The lowest BCUT2D eigenvalue weighted by Gasteiger charge is -2.30. The van der Waals surface area contributed by atoms with Crippen molar-refractivity contribution in [3.63, 3.8) is 0 Å². The summed E-state index contributed by atoms with van der Waals surface area (Å²) in [6, 6.07) is 0.430. The van der Waals surface area contributed by atoms with E-state index >= 15 is 0 Å². The molecule has 2 saturated heterocycles. The predicted octanol–water partition coefficient (Wildman–Crippen LogP) is 0.670. The highest BCUT2D eigenvalue weighted by molar-refractivity contribution is 5.80. The van der Waals surface area contributed by atoms with E-state index in [-0.39, 0.29) is 12.0 Å². The molecule has 0 saturated carbocycles. The summed E-state index contributed by atoms with van der Waals surface area (Å²) < 4.78 is 5.35. The number of rotatable bonds is 3. The van der Waals surface area contributed by atoms with E-state index in [4.69, 9.17) is 4.74 Å². The maximum Gasteiger partial charge on any atom is 0.249 e. The Balaban J connectivity index is 1.71. The van der Waals surface area contributed by atoms with Gasteiger partial charge >= 0.3 is 0 Å². The van der Waals surface area contributed by atoms with Crippen LogP contribution in [0.15, 0.2) is 0 Å². The summed E-state index contributed by atoms with van der Waals surface area (Å²) in [5.74, 6) is 0.718. The van der Waals surface area contributed by atoms with Gasteiger partial charge in [0.15, 0.2) is 0 Å². The van der Waals surface area contributed by atoms with Gasteiger partial charge < -0.3 is 15.4 Å². The number of piperidine rings is 1. The SMILES string of the molecule is CC1CCCNC1CNC(=O)C1CCCO1. The Hall–Kier alpha value is -0.610. The molecule has 1 amide bonds. The Labute approximate surface area is 97.1 Å². The van der Waals surface area contributed by atoms with E-state index < -0.39 is 0 Å². The van der Waals surface area contributed by atoms with Crippen LogP contribution in [-0.4, -0.2) is 37.7 Å². The normalized spacial score (nSPS) is 34.9. The van der Waals surface area contributed by atoms with Crippen molar-refractivity contribution in [2.45, 2.75) is 44.8 Å². The maximum absolute atomic E-state index is 11.7. The predicted molar refractivity (Wildman–Crippen MR) is 62.2 cm³/mol. The van der Waals surface area contributed by atoms with Crippen molar-refractivity contribution in [1.82, 2.24) is 10.6 Å². The van der Waals surface area contributed by atoms with Crippen LogP contribution in [0.4, 0.5) is 0 Å². The van der Waals surface area contributed by atoms with Crippen LogP contribution in [-0.2, 0) is 9.53 Å². The van der Waals surface area contributed by atoms with Crippen LogP contribution < -0.4 is 10.6 Å². The first-order valence-electron chi connectivity index (χ1n) is 6.40. The molecule has 0 radical (unpaired) electrons. The van der Waals surface area contributed by atoms with Crippen molar-refractivity contribution in [1.29, 1.82) is 0 Å². The molecule has 2 aliphatic heterocycles. The summed E-state index contributed by atoms with van der Waals surface area (Å²) in [7, 11) is 0. The number of hydrogen-bond acceptors (Lipinski definition) is 3. The average Bonchev–Trinajstić information content (AvgIpc) is 2.81. The van der Waals surface area contributed by atoms with Gasteiger partial charge in [0.2, 0.25) is 5.91 Å². The molecule has 4 heteroatoms. The molecule has 92 valence electrons. The Morgan fingerprint density at radius 2 is 2.31 bits per heavy atom. The van der Waals surface area contributed by atoms with Gasteiger partial charge in [0, 0.05) is 19.2 Å². The van der Waals surface area contributed by atoms with Crippen molar-refractivity contribution in [3.8, 4) is 0 Å². The van der Waals surface area contributed by atoms with E-state index in [1.54, 1.807) is 0 Å². The zero-order valence-electron chi connectivity index (χ0n) is 10.00. The number of carbonyl (C=O) groups excluding carboxylic acids is 1. The van der Waals surface area contributed by atoms with Crippen LogP contribution in [0.1, 0.15) is 32.6 Å². The summed E-state index contributed by atoms with van der Waals surface area (Å²) in [6.07, 6.45) is 4.19. The topological polar surface area (TPSA) is 50.4 Å². The number of nitrogens with one attached hydrogen (secondary N) is 2. The van der Waals surface area contributed by atoms with E-state index in [0.717, 1.165) is 32.5 Å². The minimum Gasteiger partial charge on any atom is -0.368 e. The molecule has 3 atom stereocenters. The molecule has 2 aliphatic rings. The molecular weight excluding hydrogens is 204 g/mol. The van der Waals surface area contributed by atoms with E-state index in [1.165, 1.54) is 12.8 Å². The van der Waals surface area contributed by atoms with E-state index in [9.17, 15) is 4.79 Å². The lowest BCUT2D eigenvalue weighted by atomic mass is 9.93. The van der Waals surface area contributed by atoms with Gasteiger partial charge in [0.25, 0.3) is 0 Å². The largest absolute Gasteiger partial charge is 0.368 e. The minimum atomic E-state index is -0.195. The van der Waals surface area contributed by atoms with Gasteiger partial charge in [-0.1, -0.05) is 6.92 Å². The van der Waals surface area contributed by atoms with Gasteiger partial charge in [-0.15, -0.1) is 0 Å². The van der Waals surface area contributed by atoms with Gasteiger partial charge in [-0.3, -0.25) is 4.79 Å². The minimum absolute atomic E-state index is 0.0667. The number of amides is 1. The molecule has 0 aromatic carbocycles. The fourth-order valence-electron chi connectivity index (χ4n) is 2.50. The lowest BCUT2D eigenvalue weighted by molar-refractivity contribution is -0.130. The van der Waals surface area contributed by atoms with Crippen LogP contribution in [0.2, 0.25) is 0 Å². The molecule has 0 aromatic heterocycles. The Bertz CT molecular complexity index is 239. The molecule has 3 unspecified atom stereocenters. The smallest absolute Gasteiger partial charge is 0.249 e. The van der Waals surface area contributed by atoms with Crippen molar-refractivity contribution in [2.75, 3.05) is 19.7 Å². The monoisotopic (exact) mass is 226 g/mol. The molecule has 2 rings (SSSR count). The summed E-state index contributed by atoms with van der Waals surface area (Å²) >= 11 is 0. The second kappa shape index (κ2) is 5.64. The zero-order chi connectivity index (χ0) is 11.4. The van der Waals surface area contributed by atoms with Gasteiger partial charge in [0.05, 0.1) is 0 Å². The standard InChI is InChI=1S/C12H22N2O2/c1-9-4-2-6-13-10(9)8-14-12(15)11-5-3-7-16-11/h9-11,13H,2-8H2,1H3,(H,14,15). The highest BCUT2D eigenvalue weighted by Gasteiger charge is 2.25. The summed E-state index contributed by atoms with van der Waals surface area (Å²) in [6.45, 7) is 4.79. The lowest BCUT2D eigenvalue weighted by Crippen LogP contribution is -2.49. The maximum atomic E-state index is 11.7. The van der Waals surface area contributed by atoms with E-state index in [1.807, 2.05) is 0 Å². The summed E-state index contributed by atoms with van der Waals surface area (Å²) in [5.41, 5.74) is 0. The third-order valence-corrected chi connectivity index (χ3v) is 3.65. The number of hydrogen-bond donors (Lipinski definition) is 2. The second-order valence-corrected chi connectivity index (χ2v) is 4.93. The van der Waals surface area contributed by atoms with Crippen molar-refractivity contribution < 1.29 is 9.53 Å². The van der Waals surface area contributed by atoms with Crippen LogP contribution in [0.25, 0.3) is 0 Å². The van der Waals surface area contributed by atoms with Crippen LogP contribution in [0.5, 0.6) is 0 Å². The molecule has 2 fully saturated rings. The van der Waals surface area contributed by atoms with Crippen molar-refractivity contribution in [3.05, 3.63) is 0 Å². The van der Waals surface area contributed by atoms with Gasteiger partial charge in [-0.2, -0.15) is 0 Å². The highest BCUT2D eigenvalue weighted by Crippen LogP contribution is 2.15. The molecular formula is C12H22N2O2. The highest BCUT2D eigenvalue weighted by atomic mass is 16.5. The third-order valence-electron chi connectivity index (χ3n) is 3.65. The zero-order valence-corrected chi connectivity index (χ0v) is 10.00. The molecule has 16 heavy (non-hydrogen) atoms. The first-order chi connectivity index (χ1) is 7.77. The van der Waals surface area contributed by atoms with Gasteiger partial charge in [-0.05, 0) is 38.1 Å². The Morgan fingerprint density at radius 3 is 3.00 bits per heavy atom. The average molecular weight is 226 g/mol. The first-order valence-corrected chi connectivity index (χ1v) is 6.40. The third kappa shape index (κ3) is 2.95.